The molecule has 0 N–H and O–H groups in total. The first kappa shape index (κ1) is 18.9. The van der Waals surface area contributed by atoms with Gasteiger partial charge < -0.3 is 9.30 Å². The Bertz CT molecular complexity index is 1130. The number of sulfonamides is 1. The third-order valence-corrected chi connectivity index (χ3v) is 8.64. The van der Waals surface area contributed by atoms with Crippen molar-refractivity contribution < 1.29 is 13.2 Å². The average Bonchev–Trinajstić information content (AvgIpc) is 3.37. The Labute approximate surface area is 173 Å². The summed E-state index contributed by atoms with van der Waals surface area (Å²) < 4.78 is 35.3. The van der Waals surface area contributed by atoms with E-state index < -0.39 is 15.6 Å². The number of fused-ring (bicyclic) bond motifs is 2. The molecule has 152 valence electrons. The van der Waals surface area contributed by atoms with E-state index in [1.165, 1.54) is 21.1 Å². The van der Waals surface area contributed by atoms with Crippen LogP contribution >= 0.6 is 11.3 Å². The molecule has 0 amide bonds. The molecule has 5 heterocycles. The van der Waals surface area contributed by atoms with Crippen LogP contribution in [0, 0.1) is 0 Å². The SMILES string of the molecule is Cn1cnc(S(=O)(=O)N2CCC3(CC2)OCCc2sc(-c4cnccn4)cc23)c1. The second-order valence-electron chi connectivity index (χ2n) is 7.41. The highest BCUT2D eigenvalue weighted by molar-refractivity contribution is 7.89. The number of aromatic nitrogens is 4. The summed E-state index contributed by atoms with van der Waals surface area (Å²) in [6, 6.07) is 2.16. The van der Waals surface area contributed by atoms with Gasteiger partial charge in [0, 0.05) is 50.0 Å². The summed E-state index contributed by atoms with van der Waals surface area (Å²) in [5.41, 5.74) is 1.61. The van der Waals surface area contributed by atoms with E-state index in [0.717, 1.165) is 17.0 Å². The lowest BCUT2D eigenvalue weighted by molar-refractivity contribution is -0.0882. The number of ether oxygens (including phenoxy) is 1. The van der Waals surface area contributed by atoms with Crippen molar-refractivity contribution in [1.29, 1.82) is 0 Å². The molecule has 0 bridgehead atoms. The van der Waals surface area contributed by atoms with Gasteiger partial charge in [0.1, 0.15) is 0 Å². The minimum Gasteiger partial charge on any atom is -0.370 e. The predicted octanol–water partition coefficient (Wildman–Crippen LogP) is 2.19. The fourth-order valence-electron chi connectivity index (χ4n) is 4.13. The van der Waals surface area contributed by atoms with Crippen molar-refractivity contribution in [2.45, 2.75) is 29.9 Å². The maximum absolute atomic E-state index is 12.9. The quantitative estimate of drug-likeness (QED) is 0.631. The fraction of sp³-hybridized carbons (Fsp3) is 0.421. The van der Waals surface area contributed by atoms with Gasteiger partial charge in [-0.2, -0.15) is 4.31 Å². The molecule has 8 nitrogen and oxygen atoms in total. The Morgan fingerprint density at radius 2 is 2.03 bits per heavy atom. The maximum Gasteiger partial charge on any atom is 0.262 e. The third kappa shape index (κ3) is 3.20. The van der Waals surface area contributed by atoms with Crippen molar-refractivity contribution >= 4 is 21.4 Å². The van der Waals surface area contributed by atoms with E-state index in [-0.39, 0.29) is 5.03 Å². The smallest absolute Gasteiger partial charge is 0.262 e. The van der Waals surface area contributed by atoms with E-state index in [9.17, 15) is 8.42 Å². The highest BCUT2D eigenvalue weighted by Crippen LogP contribution is 2.46. The molecule has 1 spiro atoms. The van der Waals surface area contributed by atoms with Crippen molar-refractivity contribution in [1.82, 2.24) is 23.8 Å². The maximum atomic E-state index is 12.9. The zero-order chi connectivity index (χ0) is 20.1. The second-order valence-corrected chi connectivity index (χ2v) is 10.4. The molecule has 0 radical (unpaired) electrons. The predicted molar refractivity (Wildman–Crippen MR) is 108 cm³/mol. The van der Waals surface area contributed by atoms with E-state index in [2.05, 4.69) is 21.0 Å². The molecule has 2 aliphatic rings. The molecular weight excluding hydrogens is 410 g/mol. The number of nitrogens with zero attached hydrogens (tertiary/aromatic N) is 5. The van der Waals surface area contributed by atoms with Gasteiger partial charge in [0.15, 0.2) is 5.03 Å². The Hall–Kier alpha value is -2.14. The van der Waals surface area contributed by atoms with Crippen LogP contribution in [0.3, 0.4) is 0 Å². The summed E-state index contributed by atoms with van der Waals surface area (Å²) in [5, 5.41) is 0.0988. The average molecular weight is 432 g/mol. The first-order chi connectivity index (χ1) is 14.0. The van der Waals surface area contributed by atoms with Gasteiger partial charge >= 0.3 is 0 Å². The van der Waals surface area contributed by atoms with Gasteiger partial charge in [-0.1, -0.05) is 0 Å². The highest BCUT2D eigenvalue weighted by Gasteiger charge is 2.44. The van der Waals surface area contributed by atoms with Crippen LogP contribution in [0.2, 0.25) is 0 Å². The number of rotatable bonds is 3. The number of hydrogen-bond donors (Lipinski definition) is 0. The molecule has 29 heavy (non-hydrogen) atoms. The lowest BCUT2D eigenvalue weighted by Crippen LogP contribution is -2.48. The number of piperidine rings is 1. The lowest BCUT2D eigenvalue weighted by Gasteiger charge is -2.43. The van der Waals surface area contributed by atoms with Crippen LogP contribution in [-0.2, 0) is 33.8 Å². The van der Waals surface area contributed by atoms with E-state index >= 15 is 0 Å². The molecular formula is C19H21N5O3S2. The molecule has 0 saturated carbocycles. The number of hydrogen-bond acceptors (Lipinski definition) is 7. The summed E-state index contributed by atoms with van der Waals surface area (Å²) in [6.45, 7) is 1.48. The molecule has 0 atom stereocenters. The van der Waals surface area contributed by atoms with Crippen molar-refractivity contribution in [3.05, 3.63) is 47.6 Å². The molecule has 5 rings (SSSR count). The van der Waals surface area contributed by atoms with Crippen LogP contribution in [0.5, 0.6) is 0 Å². The van der Waals surface area contributed by atoms with Gasteiger partial charge in [-0.3, -0.25) is 9.97 Å². The number of aryl methyl sites for hydroxylation is 1. The molecule has 0 aliphatic carbocycles. The normalized spacial score (nSPS) is 19.3. The largest absolute Gasteiger partial charge is 0.370 e. The molecule has 10 heteroatoms. The Kier molecular flexibility index (Phi) is 4.54. The standard InChI is InChI=1S/C19H21N5O3S2/c1-23-12-18(22-13-23)29(25,26)24-7-3-19(4-8-24)14-10-17(15-11-20-5-6-21-15)28-16(14)2-9-27-19/h5-6,10-13H,2-4,7-9H2,1H3. The van der Waals surface area contributed by atoms with E-state index in [0.29, 0.717) is 32.5 Å². The number of thiophene rings is 1. The number of imidazole rings is 1. The van der Waals surface area contributed by atoms with Crippen LogP contribution < -0.4 is 0 Å². The van der Waals surface area contributed by atoms with Crippen LogP contribution in [0.4, 0.5) is 0 Å². The molecule has 2 aliphatic heterocycles. The van der Waals surface area contributed by atoms with Crippen LogP contribution in [0.15, 0.2) is 42.2 Å². The molecule has 3 aromatic heterocycles. The van der Waals surface area contributed by atoms with Crippen molar-refractivity contribution in [2.75, 3.05) is 19.7 Å². The van der Waals surface area contributed by atoms with Gasteiger partial charge in [0.2, 0.25) is 0 Å². The van der Waals surface area contributed by atoms with Crippen molar-refractivity contribution in [2.24, 2.45) is 7.05 Å². The topological polar surface area (TPSA) is 90.2 Å². The fourth-order valence-corrected chi connectivity index (χ4v) is 6.73. The minimum absolute atomic E-state index is 0.0988. The summed E-state index contributed by atoms with van der Waals surface area (Å²) >= 11 is 1.73. The minimum atomic E-state index is -3.58. The van der Waals surface area contributed by atoms with E-state index in [1.807, 2.05) is 0 Å². The highest BCUT2D eigenvalue weighted by atomic mass is 32.2. The van der Waals surface area contributed by atoms with Gasteiger partial charge in [-0.05, 0) is 24.5 Å². The van der Waals surface area contributed by atoms with E-state index in [1.54, 1.807) is 47.7 Å². The Morgan fingerprint density at radius 1 is 1.21 bits per heavy atom. The van der Waals surface area contributed by atoms with Crippen molar-refractivity contribution in [3.63, 3.8) is 0 Å². The first-order valence-electron chi connectivity index (χ1n) is 9.50. The first-order valence-corrected chi connectivity index (χ1v) is 11.8. The van der Waals surface area contributed by atoms with Gasteiger partial charge in [-0.15, -0.1) is 11.3 Å². The monoisotopic (exact) mass is 431 g/mol. The zero-order valence-corrected chi connectivity index (χ0v) is 17.6. The third-order valence-electron chi connectivity index (χ3n) is 5.64. The molecule has 1 fully saturated rings. The summed E-state index contributed by atoms with van der Waals surface area (Å²) in [5.74, 6) is 0. The van der Waals surface area contributed by atoms with Crippen LogP contribution in [-0.4, -0.2) is 51.9 Å². The summed E-state index contributed by atoms with van der Waals surface area (Å²) in [7, 11) is -1.82. The molecule has 0 unspecified atom stereocenters. The Balaban J connectivity index is 1.41. The summed E-state index contributed by atoms with van der Waals surface area (Å²) in [4.78, 5) is 15.0. The Morgan fingerprint density at radius 3 is 2.72 bits per heavy atom. The summed E-state index contributed by atoms with van der Waals surface area (Å²) in [6.07, 6.45) is 10.3. The van der Waals surface area contributed by atoms with Gasteiger partial charge in [0.25, 0.3) is 10.0 Å². The second kappa shape index (κ2) is 6.98. The van der Waals surface area contributed by atoms with Gasteiger partial charge in [-0.25, -0.2) is 13.4 Å². The van der Waals surface area contributed by atoms with Crippen molar-refractivity contribution in [3.8, 4) is 10.6 Å². The van der Waals surface area contributed by atoms with Crippen LogP contribution in [0.25, 0.3) is 10.6 Å². The molecule has 3 aromatic rings. The molecule has 0 aromatic carbocycles. The molecule has 1 saturated heterocycles. The van der Waals surface area contributed by atoms with Gasteiger partial charge in [0.05, 0.1) is 35.3 Å². The lowest BCUT2D eigenvalue weighted by atomic mass is 9.83. The van der Waals surface area contributed by atoms with Crippen LogP contribution in [0.1, 0.15) is 23.3 Å². The van der Waals surface area contributed by atoms with E-state index in [4.69, 9.17) is 4.74 Å². The zero-order valence-electron chi connectivity index (χ0n) is 16.0.